The Balaban J connectivity index is 3.00. The summed E-state index contributed by atoms with van der Waals surface area (Å²) in [5.74, 6) is -1.90. The van der Waals surface area contributed by atoms with Crippen LogP contribution in [0.15, 0.2) is 18.2 Å². The molecular weight excluding hydrogens is 255 g/mol. The number of rotatable bonds is 6. The van der Waals surface area contributed by atoms with E-state index in [9.17, 15) is 14.3 Å². The van der Waals surface area contributed by atoms with E-state index >= 15 is 0 Å². The number of hydrogen-bond acceptors (Lipinski definition) is 4. The lowest BCUT2D eigenvalue weighted by Gasteiger charge is -2.21. The fourth-order valence-electron chi connectivity index (χ4n) is 1.45. The summed E-state index contributed by atoms with van der Waals surface area (Å²) in [7, 11) is 1.32. The highest BCUT2D eigenvalue weighted by atomic mass is 19.1. The third-order valence-electron chi connectivity index (χ3n) is 2.73. The molecule has 0 saturated carbocycles. The molecule has 6 heteroatoms. The number of ether oxygens (including phenoxy) is 2. The lowest BCUT2D eigenvalue weighted by molar-refractivity contribution is -0.158. The number of hydrogen-bond donors (Lipinski definition) is 2. The van der Waals surface area contributed by atoms with Crippen molar-refractivity contribution in [2.75, 3.05) is 7.11 Å². The Bertz CT molecular complexity index is 447. The number of aliphatic hydroxyl groups is 1. The molecule has 2 N–H and O–H groups in total. The molecule has 0 aliphatic heterocycles. The number of aliphatic hydroxyl groups excluding tert-OH is 1. The average Bonchev–Trinajstić information content (AvgIpc) is 2.34. The van der Waals surface area contributed by atoms with Gasteiger partial charge >= 0.3 is 5.97 Å². The quantitative estimate of drug-likeness (QED) is 0.825. The minimum absolute atomic E-state index is 0.0245. The van der Waals surface area contributed by atoms with Crippen LogP contribution in [0, 0.1) is 5.82 Å². The third kappa shape index (κ3) is 3.90. The van der Waals surface area contributed by atoms with Crippen LogP contribution in [0.2, 0.25) is 0 Å². The molecule has 0 amide bonds. The zero-order valence-corrected chi connectivity index (χ0v) is 11.0. The lowest BCUT2D eigenvalue weighted by Crippen LogP contribution is -2.28. The number of carbonyl (C=O) groups is 1. The molecule has 0 saturated heterocycles. The molecule has 0 fully saturated rings. The van der Waals surface area contributed by atoms with Gasteiger partial charge in [0.2, 0.25) is 0 Å². The van der Waals surface area contributed by atoms with Gasteiger partial charge in [-0.3, -0.25) is 0 Å². The summed E-state index contributed by atoms with van der Waals surface area (Å²) in [5.41, 5.74) is 0.151. The van der Waals surface area contributed by atoms with E-state index in [1.54, 1.807) is 6.92 Å². The molecule has 0 aromatic heterocycles. The van der Waals surface area contributed by atoms with Crippen LogP contribution >= 0.6 is 0 Å². The molecule has 1 rings (SSSR count). The second-order valence-corrected chi connectivity index (χ2v) is 4.19. The Hall–Kier alpha value is -1.66. The van der Waals surface area contributed by atoms with Gasteiger partial charge in [-0.15, -0.1) is 0 Å². The van der Waals surface area contributed by atoms with Crippen molar-refractivity contribution in [3.63, 3.8) is 0 Å². The van der Waals surface area contributed by atoms with Crippen molar-refractivity contribution in [1.82, 2.24) is 0 Å². The molecule has 0 bridgehead atoms. The summed E-state index contributed by atoms with van der Waals surface area (Å²) in [5, 5.41) is 18.4. The van der Waals surface area contributed by atoms with Crippen LogP contribution in [0.1, 0.15) is 25.5 Å². The normalized spacial score (nSPS) is 15.6. The zero-order chi connectivity index (χ0) is 14.6. The zero-order valence-electron chi connectivity index (χ0n) is 11.0. The fourth-order valence-corrected chi connectivity index (χ4v) is 1.45. The predicted molar refractivity (Wildman–Crippen MR) is 65.6 cm³/mol. The highest BCUT2D eigenvalue weighted by molar-refractivity contribution is 5.74. The summed E-state index contributed by atoms with van der Waals surface area (Å²) in [4.78, 5) is 11.2. The van der Waals surface area contributed by atoms with E-state index in [0.29, 0.717) is 0 Å². The van der Waals surface area contributed by atoms with Gasteiger partial charge in [0.25, 0.3) is 0 Å². The lowest BCUT2D eigenvalue weighted by atomic mass is 10.1. The van der Waals surface area contributed by atoms with Crippen molar-refractivity contribution in [1.29, 1.82) is 0 Å². The number of carboxylic acids is 1. The van der Waals surface area contributed by atoms with E-state index in [1.165, 1.54) is 26.2 Å². The Morgan fingerprint density at radius 3 is 2.42 bits per heavy atom. The topological polar surface area (TPSA) is 76.0 Å². The van der Waals surface area contributed by atoms with E-state index in [1.807, 2.05) is 0 Å². The van der Waals surface area contributed by atoms with Gasteiger partial charge in [0, 0.05) is 0 Å². The molecule has 0 radical (unpaired) electrons. The van der Waals surface area contributed by atoms with Crippen LogP contribution in [0.4, 0.5) is 4.39 Å². The summed E-state index contributed by atoms with van der Waals surface area (Å²) in [6.07, 6.45) is -2.86. The maximum absolute atomic E-state index is 13.5. The molecule has 0 spiro atoms. The second-order valence-electron chi connectivity index (χ2n) is 4.19. The molecule has 0 heterocycles. The van der Waals surface area contributed by atoms with E-state index in [4.69, 9.17) is 14.6 Å². The van der Waals surface area contributed by atoms with Gasteiger partial charge in [-0.1, -0.05) is 6.07 Å². The van der Waals surface area contributed by atoms with Crippen LogP contribution in [-0.4, -0.2) is 35.5 Å². The molecule has 3 atom stereocenters. The van der Waals surface area contributed by atoms with Gasteiger partial charge in [-0.05, 0) is 31.5 Å². The number of aliphatic carboxylic acids is 1. The van der Waals surface area contributed by atoms with Crippen molar-refractivity contribution in [2.24, 2.45) is 0 Å². The highest BCUT2D eigenvalue weighted by Gasteiger charge is 2.25. The number of methoxy groups -OCH3 is 1. The molecular formula is C13H17FO5. The van der Waals surface area contributed by atoms with E-state index in [0.717, 1.165) is 6.07 Å². The first kappa shape index (κ1) is 15.4. The average molecular weight is 272 g/mol. The number of carboxylic acid groups (broad SMARTS) is 1. The first-order valence-corrected chi connectivity index (χ1v) is 5.76. The highest BCUT2D eigenvalue weighted by Crippen LogP contribution is 2.25. The minimum Gasteiger partial charge on any atom is -0.494 e. The van der Waals surface area contributed by atoms with Crippen molar-refractivity contribution < 1.29 is 28.9 Å². The van der Waals surface area contributed by atoms with E-state index in [-0.39, 0.29) is 11.3 Å². The van der Waals surface area contributed by atoms with Gasteiger partial charge in [-0.25, -0.2) is 9.18 Å². The predicted octanol–water partition coefficient (Wildman–Crippen LogP) is 1.75. The van der Waals surface area contributed by atoms with Crippen molar-refractivity contribution in [3.05, 3.63) is 29.6 Å². The minimum atomic E-state index is -1.34. The third-order valence-corrected chi connectivity index (χ3v) is 2.73. The van der Waals surface area contributed by atoms with Gasteiger partial charge in [0.05, 0.1) is 19.3 Å². The van der Waals surface area contributed by atoms with Crippen LogP contribution in [-0.2, 0) is 9.53 Å². The van der Waals surface area contributed by atoms with E-state index < -0.39 is 30.1 Å². The molecule has 1 aromatic carbocycles. The monoisotopic (exact) mass is 272 g/mol. The van der Waals surface area contributed by atoms with Crippen LogP contribution < -0.4 is 4.74 Å². The SMILES string of the molecule is COc1ccc(C(OC(C)C(C)O)C(=O)O)cc1F. The van der Waals surface area contributed by atoms with Gasteiger partial charge in [0.1, 0.15) is 0 Å². The Morgan fingerprint density at radius 2 is 2.00 bits per heavy atom. The van der Waals surface area contributed by atoms with Gasteiger partial charge in [0.15, 0.2) is 17.7 Å². The first-order valence-electron chi connectivity index (χ1n) is 5.76. The van der Waals surface area contributed by atoms with Crippen LogP contribution in [0.5, 0.6) is 5.75 Å². The van der Waals surface area contributed by atoms with Crippen LogP contribution in [0.25, 0.3) is 0 Å². The molecule has 1 aromatic rings. The van der Waals surface area contributed by atoms with Crippen molar-refractivity contribution in [3.8, 4) is 5.75 Å². The summed E-state index contributed by atoms with van der Waals surface area (Å²) in [6, 6.07) is 3.79. The molecule has 3 unspecified atom stereocenters. The Labute approximate surface area is 110 Å². The van der Waals surface area contributed by atoms with E-state index in [2.05, 4.69) is 0 Å². The van der Waals surface area contributed by atoms with Gasteiger partial charge in [-0.2, -0.15) is 0 Å². The van der Waals surface area contributed by atoms with Crippen molar-refractivity contribution >= 4 is 5.97 Å². The standard InChI is InChI=1S/C13H17FO5/c1-7(15)8(2)19-12(13(16)17)9-4-5-11(18-3)10(14)6-9/h4-8,12,15H,1-3H3,(H,16,17). The summed E-state index contributed by atoms with van der Waals surface area (Å²) in [6.45, 7) is 3.03. The van der Waals surface area contributed by atoms with Crippen molar-refractivity contribution in [2.45, 2.75) is 32.2 Å². The molecule has 19 heavy (non-hydrogen) atoms. The molecule has 0 aliphatic rings. The smallest absolute Gasteiger partial charge is 0.337 e. The first-order chi connectivity index (χ1) is 8.86. The molecule has 106 valence electrons. The Kier molecular flexibility index (Phi) is 5.26. The fraction of sp³-hybridized carbons (Fsp3) is 0.462. The largest absolute Gasteiger partial charge is 0.494 e. The molecule has 0 aliphatic carbocycles. The Morgan fingerprint density at radius 1 is 1.37 bits per heavy atom. The maximum Gasteiger partial charge on any atom is 0.337 e. The summed E-state index contributed by atoms with van der Waals surface area (Å²) < 4.78 is 23.5. The second kappa shape index (κ2) is 6.49. The maximum atomic E-state index is 13.5. The van der Waals surface area contributed by atoms with Gasteiger partial charge < -0.3 is 19.7 Å². The molecule has 5 nitrogen and oxygen atoms in total. The van der Waals surface area contributed by atoms with Crippen LogP contribution in [0.3, 0.4) is 0 Å². The number of halogens is 1. The summed E-state index contributed by atoms with van der Waals surface area (Å²) >= 11 is 0. The number of benzene rings is 1.